The Morgan fingerprint density at radius 2 is 1.62 bits per heavy atom. The van der Waals surface area contributed by atoms with Crippen LogP contribution in [0.5, 0.6) is 0 Å². The summed E-state index contributed by atoms with van der Waals surface area (Å²) in [4.78, 5) is 37.9. The summed E-state index contributed by atoms with van der Waals surface area (Å²) < 4.78 is 29.3. The first-order valence-electron chi connectivity index (χ1n) is 13.2. The number of carboxylic acid groups (broad SMARTS) is 1. The zero-order valence-electron chi connectivity index (χ0n) is 22.1. The van der Waals surface area contributed by atoms with Crippen molar-refractivity contribution in [2.45, 2.75) is 42.5 Å². The molecular weight excluding hydrogens is 530 g/mol. The van der Waals surface area contributed by atoms with Crippen LogP contribution in [-0.2, 0) is 24.4 Å². The van der Waals surface area contributed by atoms with Crippen molar-refractivity contribution in [3.63, 3.8) is 0 Å². The molecule has 1 heterocycles. The molecule has 3 aromatic carbocycles. The second kappa shape index (κ2) is 10.9. The number of rotatable bonds is 10. The predicted octanol–water partition coefficient (Wildman–Crippen LogP) is 3.94. The summed E-state index contributed by atoms with van der Waals surface area (Å²) in [6, 6.07) is 22.6. The minimum atomic E-state index is -4.24. The summed E-state index contributed by atoms with van der Waals surface area (Å²) >= 11 is 0. The van der Waals surface area contributed by atoms with Crippen LogP contribution >= 0.6 is 0 Å². The average molecular weight is 562 g/mol. The molecule has 2 fully saturated rings. The van der Waals surface area contributed by atoms with Crippen LogP contribution in [0.2, 0.25) is 0 Å². The zero-order valence-corrected chi connectivity index (χ0v) is 22.9. The van der Waals surface area contributed by atoms with Crippen LogP contribution in [0.4, 0.5) is 5.69 Å². The van der Waals surface area contributed by atoms with Gasteiger partial charge in [0, 0.05) is 44.6 Å². The third-order valence-electron chi connectivity index (χ3n) is 7.67. The van der Waals surface area contributed by atoms with Crippen molar-refractivity contribution in [1.82, 2.24) is 9.21 Å². The first-order chi connectivity index (χ1) is 19.1. The van der Waals surface area contributed by atoms with E-state index in [1.807, 2.05) is 42.5 Å². The number of carboxylic acids is 1. The fourth-order valence-electron chi connectivity index (χ4n) is 5.53. The maximum Gasteiger partial charge on any atom is 0.325 e. The highest BCUT2D eigenvalue weighted by Gasteiger charge is 2.67. The minimum absolute atomic E-state index is 0.0156. The quantitative estimate of drug-likeness (QED) is 0.387. The van der Waals surface area contributed by atoms with E-state index in [0.717, 1.165) is 21.0 Å². The Morgan fingerprint density at radius 1 is 1.00 bits per heavy atom. The molecule has 0 spiro atoms. The number of sulfonamides is 1. The Balaban J connectivity index is 1.46. The average Bonchev–Trinajstić information content (AvgIpc) is 3.57. The highest BCUT2D eigenvalue weighted by Crippen LogP contribution is 2.57. The summed E-state index contributed by atoms with van der Waals surface area (Å²) in [5.41, 5.74) is 1.38. The number of carbonyl (C=O) groups is 3. The van der Waals surface area contributed by atoms with Gasteiger partial charge in [-0.3, -0.25) is 14.4 Å². The smallest absolute Gasteiger partial charge is 0.325 e. The molecule has 3 aromatic rings. The van der Waals surface area contributed by atoms with E-state index in [4.69, 9.17) is 0 Å². The molecule has 1 aliphatic heterocycles. The Labute approximate surface area is 233 Å². The highest BCUT2D eigenvalue weighted by atomic mass is 32.2. The third kappa shape index (κ3) is 5.24. The van der Waals surface area contributed by atoms with E-state index in [9.17, 15) is 27.9 Å². The van der Waals surface area contributed by atoms with E-state index in [1.54, 1.807) is 29.2 Å². The number of likely N-dealkylation sites (tertiary alicyclic amines) is 1. The summed E-state index contributed by atoms with van der Waals surface area (Å²) in [6.45, 7) is 1.98. The van der Waals surface area contributed by atoms with Gasteiger partial charge in [0.15, 0.2) is 0 Å². The summed E-state index contributed by atoms with van der Waals surface area (Å²) in [6.07, 6.45) is 1.27. The largest absolute Gasteiger partial charge is 0.480 e. The van der Waals surface area contributed by atoms with Crippen LogP contribution in [0.1, 0.15) is 37.7 Å². The minimum Gasteiger partial charge on any atom is -0.480 e. The number of anilines is 1. The van der Waals surface area contributed by atoms with Crippen LogP contribution in [0, 0.1) is 0 Å². The molecule has 0 unspecified atom stereocenters. The summed E-state index contributed by atoms with van der Waals surface area (Å²) in [5.74, 6) is -1.93. The lowest BCUT2D eigenvalue weighted by Gasteiger charge is -2.31. The second-order valence-electron chi connectivity index (χ2n) is 10.2. The van der Waals surface area contributed by atoms with E-state index in [0.29, 0.717) is 25.1 Å². The lowest BCUT2D eigenvalue weighted by atomic mass is 10.1. The van der Waals surface area contributed by atoms with Gasteiger partial charge in [0.05, 0.1) is 4.90 Å². The van der Waals surface area contributed by atoms with Crippen molar-refractivity contribution in [3.8, 4) is 11.1 Å². The molecule has 2 amide bonds. The van der Waals surface area contributed by atoms with Crippen molar-refractivity contribution in [2.75, 3.05) is 25.0 Å². The van der Waals surface area contributed by atoms with Crippen LogP contribution in [-0.4, -0.2) is 65.7 Å². The van der Waals surface area contributed by atoms with Gasteiger partial charge in [-0.2, -0.15) is 4.31 Å². The lowest BCUT2D eigenvalue weighted by molar-refractivity contribution is -0.143. The number of aliphatic carboxylic acids is 1. The van der Waals surface area contributed by atoms with Crippen molar-refractivity contribution in [3.05, 3.63) is 84.4 Å². The Bertz CT molecular complexity index is 1520. The predicted molar refractivity (Wildman–Crippen MR) is 150 cm³/mol. The van der Waals surface area contributed by atoms with Crippen molar-refractivity contribution in [1.29, 1.82) is 0 Å². The SMILES string of the molecule is CC(=O)Nc1ccc(-c2ccc(S(=O)(=O)N(CCN3CCCC3=O)[C@]3(C(=O)O)C[C@H]3c3ccccc3)cc2)cc1. The number of hydrogen-bond donors (Lipinski definition) is 2. The number of hydrogen-bond acceptors (Lipinski definition) is 5. The van der Waals surface area contributed by atoms with Gasteiger partial charge in [-0.25, -0.2) is 8.42 Å². The van der Waals surface area contributed by atoms with Crippen molar-refractivity contribution >= 4 is 33.5 Å². The van der Waals surface area contributed by atoms with E-state index >= 15 is 0 Å². The maximum atomic E-state index is 14.1. The van der Waals surface area contributed by atoms with Gasteiger partial charge in [0.25, 0.3) is 0 Å². The van der Waals surface area contributed by atoms with Crippen LogP contribution in [0.3, 0.4) is 0 Å². The second-order valence-corrected chi connectivity index (χ2v) is 12.1. The number of nitrogens with one attached hydrogen (secondary N) is 1. The number of carbonyl (C=O) groups excluding carboxylic acids is 2. The van der Waals surface area contributed by atoms with Gasteiger partial charge >= 0.3 is 5.97 Å². The fourth-order valence-corrected chi connectivity index (χ4v) is 7.30. The lowest BCUT2D eigenvalue weighted by Crippen LogP contribution is -2.51. The fraction of sp³-hybridized carbons (Fsp3) is 0.300. The summed E-state index contributed by atoms with van der Waals surface area (Å²) in [5, 5.41) is 13.1. The molecule has 208 valence electrons. The topological polar surface area (TPSA) is 124 Å². The molecule has 2 aliphatic rings. The molecule has 2 N–H and O–H groups in total. The molecule has 0 radical (unpaired) electrons. The molecule has 10 heteroatoms. The molecule has 1 aliphatic carbocycles. The molecular formula is C30H31N3O6S. The third-order valence-corrected chi connectivity index (χ3v) is 9.63. The van der Waals surface area contributed by atoms with Crippen LogP contribution in [0.15, 0.2) is 83.8 Å². The van der Waals surface area contributed by atoms with E-state index in [1.165, 1.54) is 19.1 Å². The van der Waals surface area contributed by atoms with Gasteiger partial charge in [0.1, 0.15) is 5.54 Å². The Kier molecular flexibility index (Phi) is 7.48. The standard InChI is InChI=1S/C30H31N3O6S/c1-21(34)31-25-13-9-22(10-14-25)23-11-15-26(16-12-23)40(38,39)33(19-18-32-17-5-8-28(32)35)30(29(36)37)20-27(30)24-6-3-2-4-7-24/h2-4,6-7,9-16,27H,5,8,17-20H2,1H3,(H,31,34)(H,36,37)/t27-,30+/m0/s1. The normalized spacial score (nSPS) is 20.5. The first-order valence-corrected chi connectivity index (χ1v) is 14.6. The molecule has 5 rings (SSSR count). The number of amides is 2. The Hall–Kier alpha value is -4.02. The summed E-state index contributed by atoms with van der Waals surface area (Å²) in [7, 11) is -4.24. The van der Waals surface area contributed by atoms with Crippen LogP contribution < -0.4 is 5.32 Å². The number of benzene rings is 3. The highest BCUT2D eigenvalue weighted by molar-refractivity contribution is 7.89. The van der Waals surface area contributed by atoms with E-state index in [2.05, 4.69) is 5.32 Å². The van der Waals surface area contributed by atoms with Crippen molar-refractivity contribution in [2.24, 2.45) is 0 Å². The molecule has 0 aromatic heterocycles. The molecule has 1 saturated heterocycles. The van der Waals surface area contributed by atoms with E-state index < -0.39 is 27.4 Å². The Morgan fingerprint density at radius 3 is 2.17 bits per heavy atom. The first kappa shape index (κ1) is 27.5. The molecule has 0 bridgehead atoms. The zero-order chi connectivity index (χ0) is 28.5. The molecule has 40 heavy (non-hydrogen) atoms. The van der Waals surface area contributed by atoms with Gasteiger partial charge in [-0.1, -0.05) is 54.6 Å². The molecule has 1 saturated carbocycles. The van der Waals surface area contributed by atoms with Gasteiger partial charge in [-0.05, 0) is 53.8 Å². The van der Waals surface area contributed by atoms with Crippen LogP contribution in [0.25, 0.3) is 11.1 Å². The van der Waals surface area contributed by atoms with Gasteiger partial charge < -0.3 is 15.3 Å². The van der Waals surface area contributed by atoms with Gasteiger partial charge in [0.2, 0.25) is 21.8 Å². The van der Waals surface area contributed by atoms with Gasteiger partial charge in [-0.15, -0.1) is 0 Å². The monoisotopic (exact) mass is 561 g/mol. The van der Waals surface area contributed by atoms with Crippen molar-refractivity contribution < 1.29 is 27.9 Å². The molecule has 2 atom stereocenters. The van der Waals surface area contributed by atoms with E-state index in [-0.39, 0.29) is 36.2 Å². The number of nitrogens with zero attached hydrogens (tertiary/aromatic N) is 2. The maximum absolute atomic E-state index is 14.1. The molecule has 9 nitrogen and oxygen atoms in total.